The smallest absolute Gasteiger partial charge is 0.306 e. The van der Waals surface area contributed by atoms with E-state index in [1.807, 2.05) is 13.0 Å². The first-order chi connectivity index (χ1) is 7.13. The molecule has 0 aliphatic rings. The molecule has 5 heteroatoms. The first-order valence-corrected chi connectivity index (χ1v) is 4.96. The van der Waals surface area contributed by atoms with Crippen LogP contribution in [0.3, 0.4) is 0 Å². The second kappa shape index (κ2) is 5.58. The predicted octanol–water partition coefficient (Wildman–Crippen LogP) is 2.72. The minimum absolute atomic E-state index is 0.419. The molecule has 0 aliphatic heterocycles. The lowest BCUT2D eigenvalue weighted by Crippen LogP contribution is -2.28. The van der Waals surface area contributed by atoms with E-state index < -0.39 is 6.03 Å². The van der Waals surface area contributed by atoms with Crippen molar-refractivity contribution in [1.82, 2.24) is 5.48 Å². The Morgan fingerprint density at radius 3 is 2.87 bits per heavy atom. The van der Waals surface area contributed by atoms with Crippen LogP contribution < -0.4 is 10.8 Å². The first kappa shape index (κ1) is 11.8. The van der Waals surface area contributed by atoms with Crippen LogP contribution >= 0.6 is 11.6 Å². The summed E-state index contributed by atoms with van der Waals surface area (Å²) < 4.78 is 0. The number of benzene rings is 1. The van der Waals surface area contributed by atoms with Gasteiger partial charge in [0.1, 0.15) is 0 Å². The van der Waals surface area contributed by atoms with Gasteiger partial charge in [0.05, 0.1) is 6.61 Å². The van der Waals surface area contributed by atoms with E-state index in [2.05, 4.69) is 10.8 Å². The molecule has 2 amide bonds. The van der Waals surface area contributed by atoms with Crippen molar-refractivity contribution >= 4 is 23.3 Å². The molecule has 1 rings (SSSR count). The van der Waals surface area contributed by atoms with Gasteiger partial charge in [-0.05, 0) is 31.5 Å². The molecule has 15 heavy (non-hydrogen) atoms. The van der Waals surface area contributed by atoms with Gasteiger partial charge in [0.15, 0.2) is 0 Å². The standard InChI is InChI=1S/C10H13ClN2O2/c1-3-15-13-10(14)12-8-5-4-7(2)9(11)6-8/h4-6H,3H2,1-2H3,(H2,12,13,14). The number of nitrogens with one attached hydrogen (secondary N) is 2. The molecule has 0 saturated carbocycles. The van der Waals surface area contributed by atoms with Gasteiger partial charge in [-0.1, -0.05) is 17.7 Å². The van der Waals surface area contributed by atoms with E-state index >= 15 is 0 Å². The zero-order valence-electron chi connectivity index (χ0n) is 8.63. The first-order valence-electron chi connectivity index (χ1n) is 4.58. The summed E-state index contributed by atoms with van der Waals surface area (Å²) in [7, 11) is 0. The molecule has 1 aromatic rings. The Kier molecular flexibility index (Phi) is 4.39. The highest BCUT2D eigenvalue weighted by Crippen LogP contribution is 2.19. The average Bonchev–Trinajstić information content (AvgIpc) is 2.20. The number of aryl methyl sites for hydroxylation is 1. The molecule has 0 saturated heterocycles. The second-order valence-corrected chi connectivity index (χ2v) is 3.36. The van der Waals surface area contributed by atoms with Crippen LogP contribution in [0, 0.1) is 6.92 Å². The molecule has 0 radical (unpaired) electrons. The third kappa shape index (κ3) is 3.77. The quantitative estimate of drug-likeness (QED) is 0.782. The lowest BCUT2D eigenvalue weighted by molar-refractivity contribution is 0.0758. The van der Waals surface area contributed by atoms with Gasteiger partial charge in [0.25, 0.3) is 0 Å². The molecular weight excluding hydrogens is 216 g/mol. The minimum atomic E-state index is -0.420. The Morgan fingerprint density at radius 1 is 1.53 bits per heavy atom. The van der Waals surface area contributed by atoms with Crippen molar-refractivity contribution < 1.29 is 9.63 Å². The number of hydrogen-bond donors (Lipinski definition) is 2. The van der Waals surface area contributed by atoms with Gasteiger partial charge in [-0.3, -0.25) is 4.84 Å². The summed E-state index contributed by atoms with van der Waals surface area (Å²) in [5.74, 6) is 0. The van der Waals surface area contributed by atoms with Crippen LogP contribution in [0.15, 0.2) is 18.2 Å². The summed E-state index contributed by atoms with van der Waals surface area (Å²) >= 11 is 5.90. The fraction of sp³-hybridized carbons (Fsp3) is 0.300. The van der Waals surface area contributed by atoms with Crippen molar-refractivity contribution in [2.75, 3.05) is 11.9 Å². The number of hydrogen-bond acceptors (Lipinski definition) is 2. The Bertz CT molecular complexity index is 355. The SMILES string of the molecule is CCONC(=O)Nc1ccc(C)c(Cl)c1. The number of halogens is 1. The van der Waals surface area contributed by atoms with Gasteiger partial charge >= 0.3 is 6.03 Å². The number of rotatable bonds is 3. The molecule has 0 fully saturated rings. The Hall–Kier alpha value is -1.26. The number of anilines is 1. The highest BCUT2D eigenvalue weighted by atomic mass is 35.5. The lowest BCUT2D eigenvalue weighted by atomic mass is 10.2. The molecule has 0 unspecified atom stereocenters. The van der Waals surface area contributed by atoms with Gasteiger partial charge < -0.3 is 5.32 Å². The van der Waals surface area contributed by atoms with Crippen molar-refractivity contribution in [1.29, 1.82) is 0 Å². The maximum atomic E-state index is 11.2. The summed E-state index contributed by atoms with van der Waals surface area (Å²) in [6.07, 6.45) is 0. The number of urea groups is 1. The van der Waals surface area contributed by atoms with Crippen LogP contribution in [0.4, 0.5) is 10.5 Å². The highest BCUT2D eigenvalue weighted by Gasteiger charge is 2.02. The van der Waals surface area contributed by atoms with E-state index in [9.17, 15) is 4.79 Å². The number of amides is 2. The van der Waals surface area contributed by atoms with E-state index in [1.54, 1.807) is 19.1 Å². The molecule has 4 nitrogen and oxygen atoms in total. The average molecular weight is 229 g/mol. The van der Waals surface area contributed by atoms with E-state index in [-0.39, 0.29) is 0 Å². The van der Waals surface area contributed by atoms with Crippen molar-refractivity contribution in [3.05, 3.63) is 28.8 Å². The molecule has 0 aliphatic carbocycles. The van der Waals surface area contributed by atoms with Crippen LogP contribution in [0.1, 0.15) is 12.5 Å². The van der Waals surface area contributed by atoms with Crippen LogP contribution in [-0.4, -0.2) is 12.6 Å². The molecule has 0 spiro atoms. The lowest BCUT2D eigenvalue weighted by Gasteiger charge is -2.07. The van der Waals surface area contributed by atoms with Gasteiger partial charge in [0, 0.05) is 10.7 Å². The van der Waals surface area contributed by atoms with Gasteiger partial charge in [-0.2, -0.15) is 0 Å². The van der Waals surface area contributed by atoms with Crippen LogP contribution in [0.2, 0.25) is 5.02 Å². The summed E-state index contributed by atoms with van der Waals surface area (Å²) in [6.45, 7) is 4.09. The monoisotopic (exact) mass is 228 g/mol. The molecule has 2 N–H and O–H groups in total. The summed E-state index contributed by atoms with van der Waals surface area (Å²) in [5.41, 5.74) is 3.81. The van der Waals surface area contributed by atoms with Crippen molar-refractivity contribution in [2.45, 2.75) is 13.8 Å². The van der Waals surface area contributed by atoms with Crippen LogP contribution in [0.25, 0.3) is 0 Å². The Labute approximate surface area is 93.5 Å². The van der Waals surface area contributed by atoms with Gasteiger partial charge in [-0.15, -0.1) is 0 Å². The summed E-state index contributed by atoms with van der Waals surface area (Å²) in [6, 6.07) is 4.87. The topological polar surface area (TPSA) is 50.4 Å². The van der Waals surface area contributed by atoms with E-state index in [4.69, 9.17) is 16.4 Å². The molecule has 0 heterocycles. The molecular formula is C10H13ClN2O2. The minimum Gasteiger partial charge on any atom is -0.306 e. The molecule has 0 bridgehead atoms. The van der Waals surface area contributed by atoms with Crippen molar-refractivity contribution in [3.8, 4) is 0 Å². The third-order valence-corrected chi connectivity index (χ3v) is 2.15. The van der Waals surface area contributed by atoms with E-state index in [0.29, 0.717) is 17.3 Å². The Balaban J connectivity index is 2.57. The largest absolute Gasteiger partial charge is 0.343 e. The fourth-order valence-corrected chi connectivity index (χ4v) is 1.15. The number of carbonyl (C=O) groups is 1. The van der Waals surface area contributed by atoms with E-state index in [1.165, 1.54) is 0 Å². The molecule has 0 atom stereocenters. The molecule has 82 valence electrons. The van der Waals surface area contributed by atoms with Gasteiger partial charge in [0.2, 0.25) is 0 Å². The molecule has 0 aromatic heterocycles. The van der Waals surface area contributed by atoms with E-state index in [0.717, 1.165) is 5.56 Å². The maximum absolute atomic E-state index is 11.2. The van der Waals surface area contributed by atoms with Gasteiger partial charge in [-0.25, -0.2) is 10.3 Å². The number of carbonyl (C=O) groups excluding carboxylic acids is 1. The summed E-state index contributed by atoms with van der Waals surface area (Å²) in [4.78, 5) is 15.9. The maximum Gasteiger partial charge on any atom is 0.343 e. The summed E-state index contributed by atoms with van der Waals surface area (Å²) in [5, 5.41) is 3.20. The highest BCUT2D eigenvalue weighted by molar-refractivity contribution is 6.31. The Morgan fingerprint density at radius 2 is 2.27 bits per heavy atom. The fourth-order valence-electron chi connectivity index (χ4n) is 0.965. The number of hydroxylamine groups is 1. The van der Waals surface area contributed by atoms with Crippen LogP contribution in [0.5, 0.6) is 0 Å². The molecule has 1 aromatic carbocycles. The zero-order valence-corrected chi connectivity index (χ0v) is 9.39. The predicted molar refractivity (Wildman–Crippen MR) is 60.0 cm³/mol. The second-order valence-electron chi connectivity index (χ2n) is 2.95. The van der Waals surface area contributed by atoms with Crippen molar-refractivity contribution in [2.24, 2.45) is 0 Å². The normalized spacial score (nSPS) is 9.80. The third-order valence-electron chi connectivity index (χ3n) is 1.74. The zero-order chi connectivity index (χ0) is 11.3. The van der Waals surface area contributed by atoms with Crippen LogP contribution in [-0.2, 0) is 4.84 Å². The van der Waals surface area contributed by atoms with Crippen molar-refractivity contribution in [3.63, 3.8) is 0 Å².